The molecular formula is C31H37N5O2. The third kappa shape index (κ3) is 6.21. The summed E-state index contributed by atoms with van der Waals surface area (Å²) in [5.74, 6) is 1.55. The molecule has 5 rings (SSSR count). The molecule has 2 aromatic carbocycles. The molecule has 1 saturated carbocycles. The van der Waals surface area contributed by atoms with Gasteiger partial charge in [0.05, 0.1) is 12.2 Å². The van der Waals surface area contributed by atoms with Crippen molar-refractivity contribution in [3.63, 3.8) is 0 Å². The topological polar surface area (TPSA) is 69.6 Å². The molecule has 38 heavy (non-hydrogen) atoms. The van der Waals surface area contributed by atoms with E-state index in [9.17, 15) is 9.59 Å². The predicted molar refractivity (Wildman–Crippen MR) is 150 cm³/mol. The summed E-state index contributed by atoms with van der Waals surface area (Å²) in [5.41, 5.74) is 4.23. The molecule has 1 aliphatic carbocycles. The van der Waals surface area contributed by atoms with E-state index in [0.29, 0.717) is 38.6 Å². The number of anilines is 1. The average Bonchev–Trinajstić information content (AvgIpc) is 3.83. The van der Waals surface area contributed by atoms with E-state index in [1.165, 1.54) is 11.1 Å². The quantitative estimate of drug-likeness (QED) is 0.415. The molecule has 0 spiro atoms. The van der Waals surface area contributed by atoms with Crippen molar-refractivity contribution >= 4 is 17.6 Å². The summed E-state index contributed by atoms with van der Waals surface area (Å²) in [6, 6.07) is 22.7. The largest absolute Gasteiger partial charge is 0.352 e. The van der Waals surface area contributed by atoms with E-state index in [0.717, 1.165) is 36.3 Å². The van der Waals surface area contributed by atoms with Crippen molar-refractivity contribution in [3.05, 3.63) is 66.7 Å². The first-order valence-corrected chi connectivity index (χ1v) is 13.8. The third-order valence-corrected chi connectivity index (χ3v) is 7.69. The van der Waals surface area contributed by atoms with E-state index in [4.69, 9.17) is 0 Å². The Hall–Kier alpha value is -3.74. The lowest BCUT2D eigenvalue weighted by Crippen LogP contribution is -2.52. The van der Waals surface area contributed by atoms with Crippen molar-refractivity contribution in [2.75, 3.05) is 44.2 Å². The van der Waals surface area contributed by atoms with Gasteiger partial charge in [-0.25, -0.2) is 0 Å². The van der Waals surface area contributed by atoms with Gasteiger partial charge in [-0.2, -0.15) is 0 Å². The number of amides is 2. The van der Waals surface area contributed by atoms with E-state index in [2.05, 4.69) is 65.3 Å². The number of hydrogen-bond donors (Lipinski definition) is 0. The maximum atomic E-state index is 13.1. The van der Waals surface area contributed by atoms with Gasteiger partial charge in [-0.15, -0.1) is 10.2 Å². The number of aromatic nitrogens is 2. The minimum Gasteiger partial charge on any atom is -0.352 e. The standard InChI is InChI=1S/C31H37N5O2/c1-3-23(2)21-36(31(38)27-13-14-27)22-30(37)35-19-17-34(18-20-35)29-16-15-28(32-33-29)26-11-9-25(10-12-26)24-7-5-4-6-8-24/h4-12,15-16,23,27H,3,13-14,17-22H2,1-2H3/t23-/m1/s1. The highest BCUT2D eigenvalue weighted by molar-refractivity contribution is 5.87. The van der Waals surface area contributed by atoms with Gasteiger partial charge in [0.2, 0.25) is 11.8 Å². The van der Waals surface area contributed by atoms with E-state index in [-0.39, 0.29) is 24.3 Å². The molecule has 1 atom stereocenters. The molecule has 2 fully saturated rings. The molecule has 7 nitrogen and oxygen atoms in total. The summed E-state index contributed by atoms with van der Waals surface area (Å²) in [6.45, 7) is 7.77. The first-order chi connectivity index (χ1) is 18.5. The van der Waals surface area contributed by atoms with Gasteiger partial charge in [0.1, 0.15) is 0 Å². The Labute approximate surface area is 225 Å². The molecule has 0 bridgehead atoms. The van der Waals surface area contributed by atoms with Crippen LogP contribution >= 0.6 is 0 Å². The third-order valence-electron chi connectivity index (χ3n) is 7.69. The highest BCUT2D eigenvalue weighted by Crippen LogP contribution is 2.31. The molecule has 7 heteroatoms. The molecular weight excluding hydrogens is 474 g/mol. The minimum atomic E-state index is 0.0438. The van der Waals surface area contributed by atoms with Crippen LogP contribution in [0.25, 0.3) is 22.4 Å². The lowest BCUT2D eigenvalue weighted by Gasteiger charge is -2.36. The second kappa shape index (κ2) is 11.8. The molecule has 1 aromatic heterocycles. The highest BCUT2D eigenvalue weighted by Gasteiger charge is 2.35. The van der Waals surface area contributed by atoms with E-state index in [1.807, 2.05) is 35.2 Å². The van der Waals surface area contributed by atoms with E-state index in [1.54, 1.807) is 4.90 Å². The van der Waals surface area contributed by atoms with Crippen LogP contribution in [0.5, 0.6) is 0 Å². The first kappa shape index (κ1) is 25.9. The van der Waals surface area contributed by atoms with Crippen molar-refractivity contribution < 1.29 is 9.59 Å². The van der Waals surface area contributed by atoms with Crippen LogP contribution in [0.3, 0.4) is 0 Å². The Morgan fingerprint density at radius 1 is 0.868 bits per heavy atom. The second-order valence-electron chi connectivity index (χ2n) is 10.6. The van der Waals surface area contributed by atoms with Gasteiger partial charge in [-0.05, 0) is 42.0 Å². The Bertz CT molecular complexity index is 1220. The molecule has 3 aromatic rings. The number of benzene rings is 2. The van der Waals surface area contributed by atoms with Crippen LogP contribution in [-0.2, 0) is 9.59 Å². The van der Waals surface area contributed by atoms with Crippen molar-refractivity contribution in [1.82, 2.24) is 20.0 Å². The zero-order chi connectivity index (χ0) is 26.5. The lowest BCUT2D eigenvalue weighted by atomic mass is 10.0. The van der Waals surface area contributed by atoms with Crippen LogP contribution in [0.15, 0.2) is 66.7 Å². The maximum absolute atomic E-state index is 13.1. The molecule has 2 aliphatic rings. The SMILES string of the molecule is CC[C@@H](C)CN(CC(=O)N1CCN(c2ccc(-c3ccc(-c4ccccc4)cc3)nn2)CC1)C(=O)C1CC1. The van der Waals surface area contributed by atoms with Crippen LogP contribution in [0.4, 0.5) is 5.82 Å². The predicted octanol–water partition coefficient (Wildman–Crippen LogP) is 4.74. The Morgan fingerprint density at radius 3 is 2.13 bits per heavy atom. The molecule has 198 valence electrons. The number of rotatable bonds is 9. The average molecular weight is 512 g/mol. The smallest absolute Gasteiger partial charge is 0.242 e. The van der Waals surface area contributed by atoms with Gasteiger partial charge in [-0.1, -0.05) is 74.9 Å². The Morgan fingerprint density at radius 2 is 1.53 bits per heavy atom. The van der Waals surface area contributed by atoms with E-state index >= 15 is 0 Å². The van der Waals surface area contributed by atoms with Crippen LogP contribution in [0.2, 0.25) is 0 Å². The molecule has 0 radical (unpaired) electrons. The van der Waals surface area contributed by atoms with Crippen molar-refractivity contribution in [3.8, 4) is 22.4 Å². The van der Waals surface area contributed by atoms with Gasteiger partial charge in [0, 0.05) is 44.2 Å². The van der Waals surface area contributed by atoms with Crippen molar-refractivity contribution in [2.24, 2.45) is 11.8 Å². The minimum absolute atomic E-state index is 0.0438. The lowest BCUT2D eigenvalue weighted by molar-refractivity contribution is -0.142. The second-order valence-corrected chi connectivity index (χ2v) is 10.6. The fourth-order valence-electron chi connectivity index (χ4n) is 4.89. The van der Waals surface area contributed by atoms with Gasteiger partial charge >= 0.3 is 0 Å². The Balaban J connectivity index is 1.15. The summed E-state index contributed by atoms with van der Waals surface area (Å²) in [7, 11) is 0. The van der Waals surface area contributed by atoms with Crippen LogP contribution in [0, 0.1) is 11.8 Å². The molecule has 0 N–H and O–H groups in total. The van der Waals surface area contributed by atoms with Crippen molar-refractivity contribution in [1.29, 1.82) is 0 Å². The summed E-state index contributed by atoms with van der Waals surface area (Å²) >= 11 is 0. The van der Waals surface area contributed by atoms with E-state index < -0.39 is 0 Å². The Kier molecular flexibility index (Phi) is 8.01. The number of carbonyl (C=O) groups is 2. The van der Waals surface area contributed by atoms with Gasteiger partial charge in [0.15, 0.2) is 5.82 Å². The monoisotopic (exact) mass is 511 g/mol. The summed E-state index contributed by atoms with van der Waals surface area (Å²) in [5, 5.41) is 8.97. The number of piperazine rings is 1. The van der Waals surface area contributed by atoms with Crippen LogP contribution in [0.1, 0.15) is 33.1 Å². The van der Waals surface area contributed by atoms with Gasteiger partial charge < -0.3 is 14.7 Å². The number of carbonyl (C=O) groups excluding carboxylic acids is 2. The normalized spacial score (nSPS) is 16.3. The summed E-state index contributed by atoms with van der Waals surface area (Å²) < 4.78 is 0. The van der Waals surface area contributed by atoms with Crippen LogP contribution in [-0.4, -0.2) is 71.1 Å². The number of nitrogens with zero attached hydrogens (tertiary/aromatic N) is 5. The zero-order valence-electron chi connectivity index (χ0n) is 22.4. The van der Waals surface area contributed by atoms with Crippen molar-refractivity contribution in [2.45, 2.75) is 33.1 Å². The molecule has 2 amide bonds. The van der Waals surface area contributed by atoms with Gasteiger partial charge in [-0.3, -0.25) is 9.59 Å². The van der Waals surface area contributed by atoms with Gasteiger partial charge in [0.25, 0.3) is 0 Å². The fraction of sp³-hybridized carbons (Fsp3) is 0.419. The molecule has 0 unspecified atom stereocenters. The zero-order valence-corrected chi connectivity index (χ0v) is 22.4. The fourth-order valence-corrected chi connectivity index (χ4v) is 4.89. The highest BCUT2D eigenvalue weighted by atomic mass is 16.2. The first-order valence-electron chi connectivity index (χ1n) is 13.8. The summed E-state index contributed by atoms with van der Waals surface area (Å²) in [4.78, 5) is 31.7. The molecule has 1 aliphatic heterocycles. The van der Waals surface area contributed by atoms with Crippen LogP contribution < -0.4 is 4.90 Å². The molecule has 1 saturated heterocycles. The molecule has 2 heterocycles. The number of hydrogen-bond acceptors (Lipinski definition) is 5. The summed E-state index contributed by atoms with van der Waals surface area (Å²) in [6.07, 6.45) is 2.92. The maximum Gasteiger partial charge on any atom is 0.242 e.